The maximum absolute atomic E-state index is 12.7. The first-order valence-corrected chi connectivity index (χ1v) is 16.8. The SMILES string of the molecule is CCCCCCCCS(=O)(=O)NCC(COC1CCC(OC)CC1C(C)(C)C)OC(=O)C=Cc1ccc(OC)cc1. The lowest BCUT2D eigenvalue weighted by atomic mass is 9.70. The maximum Gasteiger partial charge on any atom is 0.331 e. The first-order chi connectivity index (χ1) is 19.5. The molecule has 4 unspecified atom stereocenters. The van der Waals surface area contributed by atoms with Gasteiger partial charge in [-0.25, -0.2) is 17.9 Å². The number of nitrogens with one attached hydrogen (secondary N) is 1. The molecule has 0 aliphatic heterocycles. The van der Waals surface area contributed by atoms with Gasteiger partial charge in [0.1, 0.15) is 11.9 Å². The van der Waals surface area contributed by atoms with Gasteiger partial charge in [0.15, 0.2) is 0 Å². The standard InChI is InChI=1S/C32H53NO7S/c1-7-8-9-10-11-12-21-41(35,36)33-23-28(40-31(34)20-15-25-13-16-26(37-5)17-14-25)24-39-30-19-18-27(38-6)22-29(30)32(2,3)4/h13-17,20,27-30,33H,7-12,18-19,21-24H2,1-6H3. The van der Waals surface area contributed by atoms with Crippen molar-refractivity contribution in [2.24, 2.45) is 11.3 Å². The molecule has 0 bridgehead atoms. The van der Waals surface area contributed by atoms with Gasteiger partial charge in [-0.1, -0.05) is 71.9 Å². The molecule has 1 saturated carbocycles. The van der Waals surface area contributed by atoms with Gasteiger partial charge < -0.3 is 18.9 Å². The first kappa shape index (κ1) is 35.3. The van der Waals surface area contributed by atoms with Gasteiger partial charge in [0, 0.05) is 19.7 Å². The molecule has 0 radical (unpaired) electrons. The molecular formula is C32H53NO7S. The predicted octanol–water partition coefficient (Wildman–Crippen LogP) is 6.15. The zero-order chi connectivity index (χ0) is 30.3. The van der Waals surface area contributed by atoms with Crippen molar-refractivity contribution in [3.8, 4) is 5.75 Å². The van der Waals surface area contributed by atoms with Crippen LogP contribution in [-0.2, 0) is 29.0 Å². The fourth-order valence-corrected chi connectivity index (χ4v) is 6.41. The van der Waals surface area contributed by atoms with Crippen LogP contribution in [0.2, 0.25) is 0 Å². The van der Waals surface area contributed by atoms with Crippen molar-refractivity contribution in [2.45, 2.75) is 104 Å². The van der Waals surface area contributed by atoms with Crippen LogP contribution < -0.4 is 9.46 Å². The highest BCUT2D eigenvalue weighted by Crippen LogP contribution is 2.40. The number of sulfonamides is 1. The molecular weight excluding hydrogens is 542 g/mol. The van der Waals surface area contributed by atoms with Crippen molar-refractivity contribution in [1.29, 1.82) is 0 Å². The van der Waals surface area contributed by atoms with Gasteiger partial charge in [0.25, 0.3) is 0 Å². The van der Waals surface area contributed by atoms with E-state index >= 15 is 0 Å². The fourth-order valence-electron chi connectivity index (χ4n) is 5.24. The minimum absolute atomic E-state index is 0.00780. The normalized spacial score (nSPS) is 20.7. The van der Waals surface area contributed by atoms with Gasteiger partial charge >= 0.3 is 5.97 Å². The molecule has 0 amide bonds. The first-order valence-electron chi connectivity index (χ1n) is 15.1. The Hall–Kier alpha value is -1.94. The zero-order valence-electron chi connectivity index (χ0n) is 26.0. The highest BCUT2D eigenvalue weighted by molar-refractivity contribution is 7.89. The number of benzene rings is 1. The van der Waals surface area contributed by atoms with E-state index in [1.165, 1.54) is 12.5 Å². The Labute approximate surface area is 248 Å². The summed E-state index contributed by atoms with van der Waals surface area (Å²) in [4.78, 5) is 12.7. The molecule has 1 N–H and O–H groups in total. The summed E-state index contributed by atoms with van der Waals surface area (Å²) in [5, 5.41) is 0. The Morgan fingerprint density at radius 3 is 2.37 bits per heavy atom. The molecule has 234 valence electrons. The van der Waals surface area contributed by atoms with Crippen LogP contribution >= 0.6 is 0 Å². The summed E-state index contributed by atoms with van der Waals surface area (Å²) in [6, 6.07) is 7.29. The number of methoxy groups -OCH3 is 2. The van der Waals surface area contributed by atoms with E-state index in [0.29, 0.717) is 6.42 Å². The van der Waals surface area contributed by atoms with Crippen LogP contribution in [0.5, 0.6) is 5.75 Å². The Balaban J connectivity index is 2.03. The minimum Gasteiger partial charge on any atom is -0.497 e. The van der Waals surface area contributed by atoms with E-state index in [4.69, 9.17) is 18.9 Å². The predicted molar refractivity (Wildman–Crippen MR) is 164 cm³/mol. The second kappa shape index (κ2) is 17.9. The van der Waals surface area contributed by atoms with E-state index in [1.807, 2.05) is 24.3 Å². The molecule has 0 heterocycles. The van der Waals surface area contributed by atoms with Gasteiger partial charge in [-0.15, -0.1) is 0 Å². The van der Waals surface area contributed by atoms with Gasteiger partial charge in [0.2, 0.25) is 10.0 Å². The Bertz CT molecular complexity index is 1020. The lowest BCUT2D eigenvalue weighted by molar-refractivity contribution is -0.151. The highest BCUT2D eigenvalue weighted by atomic mass is 32.2. The van der Waals surface area contributed by atoms with Crippen molar-refractivity contribution < 1.29 is 32.2 Å². The maximum atomic E-state index is 12.7. The summed E-state index contributed by atoms with van der Waals surface area (Å²) in [6.45, 7) is 8.83. The van der Waals surface area contributed by atoms with Gasteiger partial charge in [0.05, 0.1) is 31.7 Å². The molecule has 1 aromatic carbocycles. The quantitative estimate of drug-likeness (QED) is 0.123. The van der Waals surface area contributed by atoms with Crippen LogP contribution in [0, 0.1) is 11.3 Å². The number of rotatable bonds is 18. The molecule has 0 saturated heterocycles. The zero-order valence-corrected chi connectivity index (χ0v) is 26.8. The second-order valence-electron chi connectivity index (χ2n) is 12.1. The molecule has 1 aliphatic carbocycles. The summed E-state index contributed by atoms with van der Waals surface area (Å²) in [5.74, 6) is 0.491. The van der Waals surface area contributed by atoms with E-state index in [-0.39, 0.29) is 42.4 Å². The number of carbonyl (C=O) groups excluding carboxylic acids is 1. The van der Waals surface area contributed by atoms with Crippen LogP contribution in [0.15, 0.2) is 30.3 Å². The summed E-state index contributed by atoms with van der Waals surface area (Å²) in [7, 11) is -0.154. The fraction of sp³-hybridized carbons (Fsp3) is 0.719. The third-order valence-electron chi connectivity index (χ3n) is 7.79. The number of esters is 1. The van der Waals surface area contributed by atoms with Crippen molar-refractivity contribution in [2.75, 3.05) is 33.1 Å². The molecule has 8 nitrogen and oxygen atoms in total. The third kappa shape index (κ3) is 13.7. The number of carbonyl (C=O) groups is 1. The summed E-state index contributed by atoms with van der Waals surface area (Å²) >= 11 is 0. The molecule has 1 aromatic rings. The smallest absolute Gasteiger partial charge is 0.331 e. The number of unbranched alkanes of at least 4 members (excludes halogenated alkanes) is 5. The molecule has 2 rings (SSSR count). The van der Waals surface area contributed by atoms with Crippen molar-refractivity contribution in [1.82, 2.24) is 4.72 Å². The van der Waals surface area contributed by atoms with Crippen LogP contribution in [-0.4, -0.2) is 65.8 Å². The third-order valence-corrected chi connectivity index (χ3v) is 9.22. The second-order valence-corrected chi connectivity index (χ2v) is 14.0. The van der Waals surface area contributed by atoms with E-state index in [1.54, 1.807) is 20.3 Å². The van der Waals surface area contributed by atoms with Crippen molar-refractivity contribution in [3.63, 3.8) is 0 Å². The average molecular weight is 596 g/mol. The van der Waals surface area contributed by atoms with Gasteiger partial charge in [-0.3, -0.25) is 0 Å². The van der Waals surface area contributed by atoms with E-state index in [9.17, 15) is 13.2 Å². The number of hydrogen-bond acceptors (Lipinski definition) is 7. The van der Waals surface area contributed by atoms with E-state index in [2.05, 4.69) is 32.4 Å². The molecule has 1 aliphatic rings. The topological polar surface area (TPSA) is 100 Å². The van der Waals surface area contributed by atoms with Crippen LogP contribution in [0.1, 0.15) is 91.0 Å². The largest absolute Gasteiger partial charge is 0.497 e. The lowest BCUT2D eigenvalue weighted by Gasteiger charge is -2.43. The average Bonchev–Trinajstić information content (AvgIpc) is 2.95. The Morgan fingerprint density at radius 1 is 1.05 bits per heavy atom. The lowest BCUT2D eigenvalue weighted by Crippen LogP contribution is -2.44. The molecule has 0 aromatic heterocycles. The molecule has 41 heavy (non-hydrogen) atoms. The molecule has 1 fully saturated rings. The molecule has 9 heteroatoms. The highest BCUT2D eigenvalue weighted by Gasteiger charge is 2.39. The minimum atomic E-state index is -3.50. The van der Waals surface area contributed by atoms with E-state index < -0.39 is 22.1 Å². The summed E-state index contributed by atoms with van der Waals surface area (Å²) in [6.07, 6.45) is 11.0. The Morgan fingerprint density at radius 2 is 1.73 bits per heavy atom. The molecule has 0 spiro atoms. The molecule has 4 atom stereocenters. The van der Waals surface area contributed by atoms with Crippen LogP contribution in [0.25, 0.3) is 6.08 Å². The van der Waals surface area contributed by atoms with Gasteiger partial charge in [-0.2, -0.15) is 0 Å². The summed E-state index contributed by atoms with van der Waals surface area (Å²) in [5.41, 5.74) is 0.825. The number of ether oxygens (including phenoxy) is 4. The van der Waals surface area contributed by atoms with Crippen LogP contribution in [0.4, 0.5) is 0 Å². The van der Waals surface area contributed by atoms with Crippen molar-refractivity contribution >= 4 is 22.1 Å². The monoisotopic (exact) mass is 595 g/mol. The van der Waals surface area contributed by atoms with Gasteiger partial charge in [-0.05, 0) is 60.8 Å². The van der Waals surface area contributed by atoms with E-state index in [0.717, 1.165) is 56.3 Å². The Kier molecular flexibility index (Phi) is 15.4. The van der Waals surface area contributed by atoms with Crippen LogP contribution in [0.3, 0.4) is 0 Å². The summed E-state index contributed by atoms with van der Waals surface area (Å²) < 4.78 is 50.9. The van der Waals surface area contributed by atoms with Crippen molar-refractivity contribution in [3.05, 3.63) is 35.9 Å². The number of hydrogen-bond donors (Lipinski definition) is 1.